The molecule has 0 aromatic heterocycles. The first-order chi connectivity index (χ1) is 8.43. The molecule has 1 N–H and O–H groups in total. The van der Waals surface area contributed by atoms with Gasteiger partial charge >= 0.3 is 5.97 Å². The minimum atomic E-state index is -0.235. The van der Waals surface area contributed by atoms with Crippen molar-refractivity contribution in [3.05, 3.63) is 0 Å². The summed E-state index contributed by atoms with van der Waals surface area (Å²) in [6.45, 7) is 10.1. The van der Waals surface area contributed by atoms with Gasteiger partial charge in [-0.3, -0.25) is 9.69 Å². The van der Waals surface area contributed by atoms with Crippen molar-refractivity contribution in [3.63, 3.8) is 0 Å². The second-order valence-corrected chi connectivity index (χ2v) is 5.50. The summed E-state index contributed by atoms with van der Waals surface area (Å²) in [5, 5.41) is 3.28. The first-order valence-corrected chi connectivity index (χ1v) is 6.70. The Morgan fingerprint density at radius 3 is 2.61 bits per heavy atom. The van der Waals surface area contributed by atoms with E-state index in [1.807, 2.05) is 13.8 Å². The minimum Gasteiger partial charge on any atom is -0.468 e. The van der Waals surface area contributed by atoms with E-state index < -0.39 is 0 Å². The van der Waals surface area contributed by atoms with Crippen LogP contribution in [0.5, 0.6) is 0 Å². The summed E-state index contributed by atoms with van der Waals surface area (Å²) in [5.41, 5.74) is 0. The molecule has 5 nitrogen and oxygen atoms in total. The lowest BCUT2D eigenvalue weighted by molar-refractivity contribution is -0.144. The van der Waals surface area contributed by atoms with Gasteiger partial charge in [0, 0.05) is 38.3 Å². The van der Waals surface area contributed by atoms with Crippen LogP contribution in [0.1, 0.15) is 20.8 Å². The zero-order valence-corrected chi connectivity index (χ0v) is 12.3. The molecule has 1 rings (SSSR count). The fourth-order valence-corrected chi connectivity index (χ4v) is 2.42. The number of methoxy groups -OCH3 is 1. The first kappa shape index (κ1) is 15.4. The Labute approximate surface area is 110 Å². The predicted octanol–water partition coefficient (Wildman–Crippen LogP) is 0.162. The number of likely N-dealkylation sites (N-methyl/N-ethyl adjacent to an activating group) is 1. The number of hydrogen-bond donors (Lipinski definition) is 1. The standard InChI is InChI=1S/C13H27N3O2/c1-10(2)14-12(13(17)18-5)9-16-7-6-15(4)8-11(16)3/h10-12,14H,6-9H2,1-5H3. The average molecular weight is 257 g/mol. The molecule has 1 aliphatic heterocycles. The molecular formula is C13H27N3O2. The van der Waals surface area contributed by atoms with E-state index in [1.165, 1.54) is 7.11 Å². The third kappa shape index (κ3) is 4.55. The van der Waals surface area contributed by atoms with Gasteiger partial charge in [0.05, 0.1) is 7.11 Å². The number of nitrogens with one attached hydrogen (secondary N) is 1. The Morgan fingerprint density at radius 2 is 2.11 bits per heavy atom. The van der Waals surface area contributed by atoms with Crippen LogP contribution in [-0.2, 0) is 9.53 Å². The lowest BCUT2D eigenvalue weighted by Crippen LogP contribution is -2.56. The molecule has 2 unspecified atom stereocenters. The second kappa shape index (κ2) is 7.07. The molecule has 0 aromatic carbocycles. The van der Waals surface area contributed by atoms with Crippen LogP contribution in [0.4, 0.5) is 0 Å². The quantitative estimate of drug-likeness (QED) is 0.711. The summed E-state index contributed by atoms with van der Waals surface area (Å²) in [6.07, 6.45) is 0. The summed E-state index contributed by atoms with van der Waals surface area (Å²) in [6, 6.07) is 0.516. The zero-order chi connectivity index (χ0) is 13.7. The molecule has 2 atom stereocenters. The predicted molar refractivity (Wildman–Crippen MR) is 72.6 cm³/mol. The lowest BCUT2D eigenvalue weighted by atomic mass is 10.1. The number of carbonyl (C=O) groups is 1. The maximum absolute atomic E-state index is 11.8. The van der Waals surface area contributed by atoms with Crippen LogP contribution in [0.3, 0.4) is 0 Å². The molecule has 0 bridgehead atoms. The van der Waals surface area contributed by atoms with Gasteiger partial charge in [-0.1, -0.05) is 13.8 Å². The van der Waals surface area contributed by atoms with Gasteiger partial charge < -0.3 is 15.0 Å². The van der Waals surface area contributed by atoms with Crippen molar-refractivity contribution in [2.45, 2.75) is 38.9 Å². The molecule has 106 valence electrons. The van der Waals surface area contributed by atoms with Gasteiger partial charge in [0.2, 0.25) is 0 Å². The van der Waals surface area contributed by atoms with Gasteiger partial charge in [-0.2, -0.15) is 0 Å². The van der Waals surface area contributed by atoms with Gasteiger partial charge in [-0.25, -0.2) is 0 Å². The Hall–Kier alpha value is -0.650. The van der Waals surface area contributed by atoms with Crippen molar-refractivity contribution < 1.29 is 9.53 Å². The van der Waals surface area contributed by atoms with E-state index in [2.05, 4.69) is 29.1 Å². The number of nitrogens with zero attached hydrogens (tertiary/aromatic N) is 2. The fourth-order valence-electron chi connectivity index (χ4n) is 2.42. The largest absolute Gasteiger partial charge is 0.468 e. The summed E-state index contributed by atoms with van der Waals surface area (Å²) >= 11 is 0. The van der Waals surface area contributed by atoms with Crippen molar-refractivity contribution >= 4 is 5.97 Å². The van der Waals surface area contributed by atoms with Crippen LogP contribution in [0.2, 0.25) is 0 Å². The van der Waals surface area contributed by atoms with Crippen LogP contribution in [-0.4, -0.2) is 74.2 Å². The number of carbonyl (C=O) groups excluding carboxylic acids is 1. The maximum Gasteiger partial charge on any atom is 0.324 e. The summed E-state index contributed by atoms with van der Waals surface area (Å²) in [4.78, 5) is 16.5. The van der Waals surface area contributed by atoms with E-state index in [0.29, 0.717) is 6.04 Å². The molecule has 1 fully saturated rings. The van der Waals surface area contributed by atoms with Crippen molar-refractivity contribution in [1.82, 2.24) is 15.1 Å². The van der Waals surface area contributed by atoms with Crippen molar-refractivity contribution in [2.75, 3.05) is 40.3 Å². The van der Waals surface area contributed by atoms with Crippen LogP contribution in [0.25, 0.3) is 0 Å². The molecule has 1 heterocycles. The van der Waals surface area contributed by atoms with E-state index in [9.17, 15) is 4.79 Å². The monoisotopic (exact) mass is 257 g/mol. The number of rotatable bonds is 5. The average Bonchev–Trinajstić information content (AvgIpc) is 2.30. The Morgan fingerprint density at radius 1 is 1.44 bits per heavy atom. The highest BCUT2D eigenvalue weighted by Crippen LogP contribution is 2.09. The third-order valence-electron chi connectivity index (χ3n) is 3.41. The van der Waals surface area contributed by atoms with E-state index in [0.717, 1.165) is 26.2 Å². The van der Waals surface area contributed by atoms with Gasteiger partial charge in [-0.05, 0) is 14.0 Å². The number of ether oxygens (including phenoxy) is 1. The van der Waals surface area contributed by atoms with Gasteiger partial charge in [-0.15, -0.1) is 0 Å². The molecule has 0 saturated carbocycles. The molecule has 0 aliphatic carbocycles. The maximum atomic E-state index is 11.8. The molecule has 0 aromatic rings. The molecule has 0 radical (unpaired) electrons. The highest BCUT2D eigenvalue weighted by molar-refractivity contribution is 5.76. The summed E-state index contributed by atoms with van der Waals surface area (Å²) < 4.78 is 4.87. The first-order valence-electron chi connectivity index (χ1n) is 6.70. The molecule has 5 heteroatoms. The highest BCUT2D eigenvalue weighted by atomic mass is 16.5. The van der Waals surface area contributed by atoms with E-state index in [4.69, 9.17) is 4.74 Å². The Kier molecular flexibility index (Phi) is 6.05. The molecule has 18 heavy (non-hydrogen) atoms. The zero-order valence-electron chi connectivity index (χ0n) is 12.3. The van der Waals surface area contributed by atoms with Crippen molar-refractivity contribution in [3.8, 4) is 0 Å². The topological polar surface area (TPSA) is 44.8 Å². The number of hydrogen-bond acceptors (Lipinski definition) is 5. The van der Waals surface area contributed by atoms with Crippen LogP contribution in [0.15, 0.2) is 0 Å². The normalized spacial score (nSPS) is 24.2. The summed E-state index contributed by atoms with van der Waals surface area (Å²) in [7, 11) is 3.59. The Balaban J connectivity index is 2.56. The fraction of sp³-hybridized carbons (Fsp3) is 0.923. The Bertz CT molecular complexity index is 271. The van der Waals surface area contributed by atoms with E-state index in [1.54, 1.807) is 0 Å². The van der Waals surface area contributed by atoms with Crippen LogP contribution in [0, 0.1) is 0 Å². The van der Waals surface area contributed by atoms with Gasteiger partial charge in [0.15, 0.2) is 0 Å². The number of esters is 1. The lowest BCUT2D eigenvalue weighted by Gasteiger charge is -2.39. The second-order valence-electron chi connectivity index (χ2n) is 5.50. The van der Waals surface area contributed by atoms with Crippen molar-refractivity contribution in [2.24, 2.45) is 0 Å². The molecular weight excluding hydrogens is 230 g/mol. The molecule has 1 aliphatic rings. The van der Waals surface area contributed by atoms with Crippen LogP contribution < -0.4 is 5.32 Å². The van der Waals surface area contributed by atoms with E-state index >= 15 is 0 Å². The molecule has 1 saturated heterocycles. The number of piperazine rings is 1. The van der Waals surface area contributed by atoms with Gasteiger partial charge in [0.25, 0.3) is 0 Å². The summed E-state index contributed by atoms with van der Waals surface area (Å²) in [5.74, 6) is -0.171. The highest BCUT2D eigenvalue weighted by Gasteiger charge is 2.28. The molecule has 0 amide bonds. The minimum absolute atomic E-state index is 0.171. The van der Waals surface area contributed by atoms with Gasteiger partial charge in [0.1, 0.15) is 6.04 Å². The van der Waals surface area contributed by atoms with E-state index in [-0.39, 0.29) is 18.1 Å². The smallest absolute Gasteiger partial charge is 0.324 e. The van der Waals surface area contributed by atoms with Crippen molar-refractivity contribution in [1.29, 1.82) is 0 Å². The third-order valence-corrected chi connectivity index (χ3v) is 3.41. The SMILES string of the molecule is COC(=O)C(CN1CCN(C)CC1C)NC(C)C. The van der Waals surface area contributed by atoms with Crippen LogP contribution >= 0.6 is 0 Å². The molecule has 0 spiro atoms.